The first-order chi connectivity index (χ1) is 14.7. The van der Waals surface area contributed by atoms with Gasteiger partial charge in [0.25, 0.3) is 0 Å². The number of hydrogen-bond acceptors (Lipinski definition) is 5. The lowest BCUT2D eigenvalue weighted by Crippen LogP contribution is -2.48. The minimum absolute atomic E-state index is 0.179. The number of carbonyl (C=O) groups excluding carboxylic acids is 1. The van der Waals surface area contributed by atoms with Gasteiger partial charge in [0, 0.05) is 31.7 Å². The Kier molecular flexibility index (Phi) is 7.87. The molecular formula is C25H41N3O3. The third kappa shape index (κ3) is 6.36. The van der Waals surface area contributed by atoms with E-state index in [0.29, 0.717) is 23.9 Å². The molecule has 0 spiro atoms. The van der Waals surface area contributed by atoms with Gasteiger partial charge in [0.05, 0.1) is 7.11 Å². The molecule has 2 saturated heterocycles. The molecule has 2 aliphatic heterocycles. The van der Waals surface area contributed by atoms with Gasteiger partial charge in [-0.25, -0.2) is 4.79 Å². The molecule has 1 amide bonds. The van der Waals surface area contributed by atoms with Gasteiger partial charge in [0.2, 0.25) is 0 Å². The molecule has 0 saturated carbocycles. The zero-order valence-electron chi connectivity index (χ0n) is 20.2. The standard InChI is InChI=1S/C25H41N3O3/c1-18(21-8-7-14-28(17-21)24(29)31-25(2,3)4)26-16-20-13-15-27(5)23(20)19-9-11-22(30-6)12-10-19/h9-12,18,20-21,23,26H,7-8,13-17H2,1-6H3/t18-,20+,21-,23-/m1/s1. The Balaban J connectivity index is 1.55. The maximum Gasteiger partial charge on any atom is 0.410 e. The fourth-order valence-corrected chi connectivity index (χ4v) is 4.98. The molecule has 0 aromatic heterocycles. The van der Waals surface area contributed by atoms with E-state index in [0.717, 1.165) is 44.8 Å². The van der Waals surface area contributed by atoms with E-state index < -0.39 is 5.60 Å². The summed E-state index contributed by atoms with van der Waals surface area (Å²) >= 11 is 0. The Morgan fingerprint density at radius 3 is 2.55 bits per heavy atom. The third-order valence-electron chi connectivity index (χ3n) is 6.75. The van der Waals surface area contributed by atoms with E-state index in [1.807, 2.05) is 25.7 Å². The Bertz CT molecular complexity index is 716. The summed E-state index contributed by atoms with van der Waals surface area (Å²) in [5, 5.41) is 3.81. The van der Waals surface area contributed by atoms with Crippen LogP contribution < -0.4 is 10.1 Å². The normalized spacial score (nSPS) is 26.0. The molecule has 1 N–H and O–H groups in total. The van der Waals surface area contributed by atoms with Crippen LogP contribution in [-0.4, -0.2) is 67.9 Å². The first-order valence-electron chi connectivity index (χ1n) is 11.7. The zero-order valence-corrected chi connectivity index (χ0v) is 20.2. The van der Waals surface area contributed by atoms with Crippen molar-refractivity contribution in [3.05, 3.63) is 29.8 Å². The van der Waals surface area contributed by atoms with Crippen molar-refractivity contribution in [1.82, 2.24) is 15.1 Å². The monoisotopic (exact) mass is 431 g/mol. The van der Waals surface area contributed by atoms with E-state index in [9.17, 15) is 4.79 Å². The lowest BCUT2D eigenvalue weighted by molar-refractivity contribution is 0.0147. The molecule has 3 rings (SSSR count). The molecule has 1 aromatic rings. The molecule has 6 nitrogen and oxygen atoms in total. The van der Waals surface area contributed by atoms with Crippen LogP contribution >= 0.6 is 0 Å². The number of likely N-dealkylation sites (tertiary alicyclic amines) is 2. The molecule has 31 heavy (non-hydrogen) atoms. The van der Waals surface area contributed by atoms with Gasteiger partial charge in [-0.3, -0.25) is 4.90 Å². The Hall–Kier alpha value is -1.79. The fourth-order valence-electron chi connectivity index (χ4n) is 4.98. The first kappa shape index (κ1) is 23.9. The molecule has 174 valence electrons. The van der Waals surface area contributed by atoms with Gasteiger partial charge in [0.1, 0.15) is 11.4 Å². The van der Waals surface area contributed by atoms with Crippen molar-refractivity contribution in [3.63, 3.8) is 0 Å². The highest BCUT2D eigenvalue weighted by Gasteiger charge is 2.34. The fraction of sp³-hybridized carbons (Fsp3) is 0.720. The lowest BCUT2D eigenvalue weighted by atomic mass is 9.90. The summed E-state index contributed by atoms with van der Waals surface area (Å²) in [6.07, 6.45) is 3.21. The van der Waals surface area contributed by atoms with Crippen molar-refractivity contribution in [1.29, 1.82) is 0 Å². The average Bonchev–Trinajstić information content (AvgIpc) is 3.11. The van der Waals surface area contributed by atoms with Crippen molar-refractivity contribution in [2.24, 2.45) is 11.8 Å². The van der Waals surface area contributed by atoms with Gasteiger partial charge in [-0.05, 0) is 90.1 Å². The molecule has 6 heteroatoms. The Morgan fingerprint density at radius 1 is 1.19 bits per heavy atom. The molecule has 4 atom stereocenters. The zero-order chi connectivity index (χ0) is 22.6. The lowest BCUT2D eigenvalue weighted by Gasteiger charge is -2.37. The molecule has 0 radical (unpaired) electrons. The number of hydrogen-bond donors (Lipinski definition) is 1. The van der Waals surface area contributed by atoms with Crippen LogP contribution in [-0.2, 0) is 4.74 Å². The number of nitrogens with zero attached hydrogens (tertiary/aromatic N) is 2. The van der Waals surface area contributed by atoms with Crippen LogP contribution in [0.5, 0.6) is 5.75 Å². The summed E-state index contributed by atoms with van der Waals surface area (Å²) in [7, 11) is 3.93. The highest BCUT2D eigenvalue weighted by Crippen LogP contribution is 2.36. The van der Waals surface area contributed by atoms with Crippen LogP contribution in [0.15, 0.2) is 24.3 Å². The second-order valence-electron chi connectivity index (χ2n) is 10.3. The molecule has 2 fully saturated rings. The van der Waals surface area contributed by atoms with Crippen LogP contribution in [0.1, 0.15) is 58.6 Å². The maximum absolute atomic E-state index is 12.5. The van der Waals surface area contributed by atoms with E-state index in [2.05, 4.69) is 48.5 Å². The summed E-state index contributed by atoms with van der Waals surface area (Å²) in [6.45, 7) is 11.7. The number of methoxy groups -OCH3 is 1. The van der Waals surface area contributed by atoms with Gasteiger partial charge in [-0.2, -0.15) is 0 Å². The molecule has 1 aromatic carbocycles. The smallest absolute Gasteiger partial charge is 0.410 e. The number of ether oxygens (including phenoxy) is 2. The van der Waals surface area contributed by atoms with Crippen LogP contribution in [0.2, 0.25) is 0 Å². The second kappa shape index (κ2) is 10.2. The highest BCUT2D eigenvalue weighted by molar-refractivity contribution is 5.68. The maximum atomic E-state index is 12.5. The van der Waals surface area contributed by atoms with Gasteiger partial charge in [-0.1, -0.05) is 12.1 Å². The number of rotatable bonds is 6. The molecule has 2 aliphatic rings. The number of carbonyl (C=O) groups is 1. The Morgan fingerprint density at radius 2 is 1.90 bits per heavy atom. The average molecular weight is 432 g/mol. The van der Waals surface area contributed by atoms with Crippen LogP contribution in [0.25, 0.3) is 0 Å². The van der Waals surface area contributed by atoms with Crippen LogP contribution in [0.3, 0.4) is 0 Å². The number of piperidine rings is 1. The van der Waals surface area contributed by atoms with Crippen LogP contribution in [0, 0.1) is 11.8 Å². The third-order valence-corrected chi connectivity index (χ3v) is 6.75. The van der Waals surface area contributed by atoms with Crippen molar-refractivity contribution in [3.8, 4) is 5.75 Å². The predicted molar refractivity (Wildman–Crippen MR) is 124 cm³/mol. The predicted octanol–water partition coefficient (Wildman–Crippen LogP) is 4.31. The van der Waals surface area contributed by atoms with E-state index in [1.54, 1.807) is 7.11 Å². The Labute approximate surface area is 188 Å². The summed E-state index contributed by atoms with van der Waals surface area (Å²) < 4.78 is 10.9. The van der Waals surface area contributed by atoms with E-state index >= 15 is 0 Å². The SMILES string of the molecule is COc1ccc([C@@H]2[C@H](CN[C@H](C)[C@@H]3CCCN(C(=O)OC(C)(C)C)C3)CCN2C)cc1. The molecule has 0 unspecified atom stereocenters. The molecule has 0 aliphatic carbocycles. The topological polar surface area (TPSA) is 54.0 Å². The number of amides is 1. The molecule has 0 bridgehead atoms. The minimum Gasteiger partial charge on any atom is -0.497 e. The van der Waals surface area contributed by atoms with Gasteiger partial charge in [-0.15, -0.1) is 0 Å². The summed E-state index contributed by atoms with van der Waals surface area (Å²) in [4.78, 5) is 16.9. The largest absolute Gasteiger partial charge is 0.497 e. The van der Waals surface area contributed by atoms with Gasteiger partial charge < -0.3 is 19.7 Å². The van der Waals surface area contributed by atoms with E-state index in [-0.39, 0.29) is 6.09 Å². The summed E-state index contributed by atoms with van der Waals surface area (Å²) in [5.41, 5.74) is 0.910. The van der Waals surface area contributed by atoms with Crippen molar-refractivity contribution < 1.29 is 14.3 Å². The quantitative estimate of drug-likeness (QED) is 0.727. The van der Waals surface area contributed by atoms with Crippen molar-refractivity contribution in [2.75, 3.05) is 40.3 Å². The molecule has 2 heterocycles. The van der Waals surface area contributed by atoms with Gasteiger partial charge >= 0.3 is 6.09 Å². The highest BCUT2D eigenvalue weighted by atomic mass is 16.6. The number of nitrogens with one attached hydrogen (secondary N) is 1. The van der Waals surface area contributed by atoms with Gasteiger partial charge in [0.15, 0.2) is 0 Å². The molecular weight excluding hydrogens is 390 g/mol. The minimum atomic E-state index is -0.446. The second-order valence-corrected chi connectivity index (χ2v) is 10.3. The van der Waals surface area contributed by atoms with Crippen molar-refractivity contribution >= 4 is 6.09 Å². The summed E-state index contributed by atoms with van der Waals surface area (Å²) in [6, 6.07) is 9.30. The van der Waals surface area contributed by atoms with E-state index in [4.69, 9.17) is 9.47 Å². The van der Waals surface area contributed by atoms with Crippen molar-refractivity contribution in [2.45, 2.75) is 64.6 Å². The number of benzene rings is 1. The summed E-state index contributed by atoms with van der Waals surface area (Å²) in [5.74, 6) is 1.94. The van der Waals surface area contributed by atoms with E-state index in [1.165, 1.54) is 12.0 Å². The first-order valence-corrected chi connectivity index (χ1v) is 11.7. The van der Waals surface area contributed by atoms with Crippen LogP contribution in [0.4, 0.5) is 4.79 Å².